The Labute approximate surface area is 114 Å². The van der Waals surface area contributed by atoms with Gasteiger partial charge < -0.3 is 15.8 Å². The molecule has 1 amide bonds. The normalized spacial score (nSPS) is 19.5. The van der Waals surface area contributed by atoms with Crippen LogP contribution in [-0.4, -0.2) is 12.5 Å². The van der Waals surface area contributed by atoms with Crippen LogP contribution >= 0.6 is 0 Å². The topological polar surface area (TPSA) is 64.3 Å². The molecule has 4 nitrogen and oxygen atoms in total. The smallest absolute Gasteiger partial charge is 0.223 e. The quantitative estimate of drug-likeness (QED) is 0.878. The molecule has 0 saturated heterocycles. The first kappa shape index (κ1) is 13.9. The monoisotopic (exact) mass is 262 g/mol. The van der Waals surface area contributed by atoms with Crippen molar-refractivity contribution in [1.29, 1.82) is 0 Å². The first-order chi connectivity index (χ1) is 8.99. The first-order valence-corrected chi connectivity index (χ1v) is 6.81. The molecule has 0 spiro atoms. The van der Waals surface area contributed by atoms with Gasteiger partial charge in [0.05, 0.1) is 12.6 Å². The van der Waals surface area contributed by atoms with Crippen molar-refractivity contribution in [2.24, 2.45) is 11.7 Å². The molecule has 0 aromatic heterocycles. The van der Waals surface area contributed by atoms with Crippen LogP contribution in [0.3, 0.4) is 0 Å². The zero-order valence-electron chi connectivity index (χ0n) is 11.8. The number of nitrogens with two attached hydrogens (primary N) is 1. The van der Waals surface area contributed by atoms with Crippen molar-refractivity contribution in [2.45, 2.75) is 39.3 Å². The van der Waals surface area contributed by atoms with Crippen LogP contribution in [0.25, 0.3) is 0 Å². The maximum absolute atomic E-state index is 11.9. The van der Waals surface area contributed by atoms with Gasteiger partial charge in [-0.25, -0.2) is 0 Å². The second-order valence-corrected chi connectivity index (χ2v) is 5.44. The summed E-state index contributed by atoms with van der Waals surface area (Å²) in [5, 5.41) is 3.08. The number of hydrogen-bond donors (Lipinski definition) is 2. The van der Waals surface area contributed by atoms with Gasteiger partial charge in [-0.3, -0.25) is 4.79 Å². The first-order valence-electron chi connectivity index (χ1n) is 6.81. The Bertz CT molecular complexity index is 469. The van der Waals surface area contributed by atoms with E-state index in [0.29, 0.717) is 6.61 Å². The molecule has 1 heterocycles. The third-order valence-electron chi connectivity index (χ3n) is 3.44. The highest BCUT2D eigenvalue weighted by Gasteiger charge is 2.24. The third-order valence-corrected chi connectivity index (χ3v) is 3.44. The molecule has 2 atom stereocenters. The summed E-state index contributed by atoms with van der Waals surface area (Å²) in [5.41, 5.74) is 8.01. The maximum Gasteiger partial charge on any atom is 0.223 e. The summed E-state index contributed by atoms with van der Waals surface area (Å²) in [6, 6.07) is 5.98. The number of benzene rings is 1. The fourth-order valence-electron chi connectivity index (χ4n) is 2.18. The van der Waals surface area contributed by atoms with E-state index in [4.69, 9.17) is 10.5 Å². The molecule has 1 aromatic carbocycles. The standard InChI is InChI=1S/C15H22N2O2/c1-9(2)15(18)17-13-6-7-19-14-5-4-11(10(3)16)8-12(13)14/h4-5,8-10,13H,6-7,16H2,1-3H3,(H,17,18). The largest absolute Gasteiger partial charge is 0.493 e. The number of fused-ring (bicyclic) bond motifs is 1. The summed E-state index contributed by atoms with van der Waals surface area (Å²) in [7, 11) is 0. The van der Waals surface area contributed by atoms with Gasteiger partial charge in [-0.1, -0.05) is 19.9 Å². The summed E-state index contributed by atoms with van der Waals surface area (Å²) in [6.45, 7) is 6.38. The van der Waals surface area contributed by atoms with Gasteiger partial charge in [0.1, 0.15) is 5.75 Å². The summed E-state index contributed by atoms with van der Waals surface area (Å²) < 4.78 is 5.64. The predicted molar refractivity (Wildman–Crippen MR) is 74.9 cm³/mol. The highest BCUT2D eigenvalue weighted by atomic mass is 16.5. The molecule has 4 heteroatoms. The van der Waals surface area contributed by atoms with E-state index in [1.54, 1.807) is 0 Å². The highest BCUT2D eigenvalue weighted by Crippen LogP contribution is 2.33. The molecule has 1 aromatic rings. The Morgan fingerprint density at radius 1 is 1.42 bits per heavy atom. The van der Waals surface area contributed by atoms with Gasteiger partial charge in [0.15, 0.2) is 0 Å². The number of carbonyl (C=O) groups excluding carboxylic acids is 1. The molecule has 0 aliphatic carbocycles. The van der Waals surface area contributed by atoms with Crippen molar-refractivity contribution in [3.05, 3.63) is 29.3 Å². The van der Waals surface area contributed by atoms with Gasteiger partial charge in [-0.05, 0) is 24.6 Å². The fourth-order valence-corrected chi connectivity index (χ4v) is 2.18. The van der Waals surface area contributed by atoms with Gasteiger partial charge in [0.25, 0.3) is 0 Å². The Hall–Kier alpha value is -1.55. The van der Waals surface area contributed by atoms with E-state index < -0.39 is 0 Å². The van der Waals surface area contributed by atoms with Gasteiger partial charge >= 0.3 is 0 Å². The molecule has 104 valence electrons. The van der Waals surface area contributed by atoms with E-state index in [1.165, 1.54) is 0 Å². The zero-order valence-corrected chi connectivity index (χ0v) is 11.8. The second kappa shape index (κ2) is 5.61. The molecule has 0 fully saturated rings. The number of nitrogens with one attached hydrogen (secondary N) is 1. The zero-order chi connectivity index (χ0) is 14.0. The molecular formula is C15H22N2O2. The minimum Gasteiger partial charge on any atom is -0.493 e. The third kappa shape index (κ3) is 3.07. The second-order valence-electron chi connectivity index (χ2n) is 5.44. The summed E-state index contributed by atoms with van der Waals surface area (Å²) in [6.07, 6.45) is 0.799. The van der Waals surface area contributed by atoms with Crippen LogP contribution in [0.5, 0.6) is 5.75 Å². The SMILES string of the molecule is CC(C)C(=O)NC1CCOc2ccc(C(C)N)cc21. The lowest BCUT2D eigenvalue weighted by Gasteiger charge is -2.28. The molecule has 0 bridgehead atoms. The van der Waals surface area contributed by atoms with Crippen LogP contribution < -0.4 is 15.8 Å². The summed E-state index contributed by atoms with van der Waals surface area (Å²) >= 11 is 0. The van der Waals surface area contributed by atoms with Crippen LogP contribution in [0.4, 0.5) is 0 Å². The Balaban J connectivity index is 2.26. The highest BCUT2D eigenvalue weighted by molar-refractivity contribution is 5.78. The molecule has 1 aliphatic heterocycles. The van der Waals surface area contributed by atoms with Crippen LogP contribution in [-0.2, 0) is 4.79 Å². The van der Waals surface area contributed by atoms with Crippen LogP contribution in [0, 0.1) is 5.92 Å². The number of carbonyl (C=O) groups is 1. The molecule has 2 unspecified atom stereocenters. The van der Waals surface area contributed by atoms with E-state index in [9.17, 15) is 4.79 Å². The lowest BCUT2D eigenvalue weighted by Crippen LogP contribution is -2.34. The molecular weight excluding hydrogens is 240 g/mol. The average molecular weight is 262 g/mol. The number of hydrogen-bond acceptors (Lipinski definition) is 3. The van der Waals surface area contributed by atoms with Crippen molar-refractivity contribution < 1.29 is 9.53 Å². The van der Waals surface area contributed by atoms with Gasteiger partial charge in [-0.15, -0.1) is 0 Å². The summed E-state index contributed by atoms with van der Waals surface area (Å²) in [4.78, 5) is 11.9. The van der Waals surface area contributed by atoms with Crippen molar-refractivity contribution >= 4 is 5.91 Å². The fraction of sp³-hybridized carbons (Fsp3) is 0.533. The van der Waals surface area contributed by atoms with E-state index in [1.807, 2.05) is 39.0 Å². The molecule has 2 rings (SSSR count). The van der Waals surface area contributed by atoms with Crippen molar-refractivity contribution in [2.75, 3.05) is 6.61 Å². The van der Waals surface area contributed by atoms with Crippen molar-refractivity contribution in [3.8, 4) is 5.75 Å². The van der Waals surface area contributed by atoms with Gasteiger partial charge in [-0.2, -0.15) is 0 Å². The van der Waals surface area contributed by atoms with Crippen LogP contribution in [0.2, 0.25) is 0 Å². The number of rotatable bonds is 3. The molecule has 1 aliphatic rings. The Morgan fingerprint density at radius 2 is 2.16 bits per heavy atom. The number of ether oxygens (including phenoxy) is 1. The van der Waals surface area contributed by atoms with Gasteiger partial charge in [0, 0.05) is 23.9 Å². The van der Waals surface area contributed by atoms with Crippen molar-refractivity contribution in [3.63, 3.8) is 0 Å². The minimum atomic E-state index is -0.0197. The summed E-state index contributed by atoms with van der Waals surface area (Å²) in [5.74, 6) is 0.914. The van der Waals surface area contributed by atoms with Crippen molar-refractivity contribution in [1.82, 2.24) is 5.32 Å². The Morgan fingerprint density at radius 3 is 2.79 bits per heavy atom. The maximum atomic E-state index is 11.9. The molecule has 3 N–H and O–H groups in total. The predicted octanol–water partition coefficient (Wildman–Crippen LogP) is 2.30. The minimum absolute atomic E-state index is 0.0112. The van der Waals surface area contributed by atoms with E-state index >= 15 is 0 Å². The molecule has 19 heavy (non-hydrogen) atoms. The lowest BCUT2D eigenvalue weighted by molar-refractivity contribution is -0.124. The van der Waals surface area contributed by atoms with Crippen LogP contribution in [0.1, 0.15) is 50.4 Å². The average Bonchev–Trinajstić information content (AvgIpc) is 2.38. The van der Waals surface area contributed by atoms with E-state index in [-0.39, 0.29) is 23.9 Å². The Kier molecular flexibility index (Phi) is 4.10. The van der Waals surface area contributed by atoms with Crippen LogP contribution in [0.15, 0.2) is 18.2 Å². The van der Waals surface area contributed by atoms with Gasteiger partial charge in [0.2, 0.25) is 5.91 Å². The lowest BCUT2D eigenvalue weighted by atomic mass is 9.96. The molecule has 0 radical (unpaired) electrons. The molecule has 0 saturated carbocycles. The van der Waals surface area contributed by atoms with E-state index in [0.717, 1.165) is 23.3 Å². The number of amides is 1. The van der Waals surface area contributed by atoms with E-state index in [2.05, 4.69) is 5.32 Å².